The Balaban J connectivity index is 2.03. The van der Waals surface area contributed by atoms with E-state index in [1.807, 2.05) is 4.90 Å². The van der Waals surface area contributed by atoms with Crippen molar-refractivity contribution in [3.05, 3.63) is 0 Å². The summed E-state index contributed by atoms with van der Waals surface area (Å²) in [7, 11) is -2.95. The molecule has 0 aromatic carbocycles. The average Bonchev–Trinajstić information content (AvgIpc) is 2.52. The molecule has 0 saturated carbocycles. The van der Waals surface area contributed by atoms with Gasteiger partial charge in [-0.25, -0.2) is 8.42 Å². The molecule has 0 aromatic heterocycles. The van der Waals surface area contributed by atoms with Crippen LogP contribution in [0.2, 0.25) is 0 Å². The summed E-state index contributed by atoms with van der Waals surface area (Å²) < 4.78 is 28.4. The van der Waals surface area contributed by atoms with Crippen molar-refractivity contribution in [1.29, 1.82) is 0 Å². The number of hydrogen-bond acceptors (Lipinski definition) is 5. The Hall–Kier alpha value is -0.660. The summed E-state index contributed by atoms with van der Waals surface area (Å²) >= 11 is 0. The molecule has 110 valence electrons. The first-order valence-corrected chi connectivity index (χ1v) is 8.50. The Kier molecular flexibility index (Phi) is 4.47. The van der Waals surface area contributed by atoms with Crippen LogP contribution in [0.25, 0.3) is 0 Å². The van der Waals surface area contributed by atoms with Gasteiger partial charge in [-0.05, 0) is 25.8 Å². The summed E-state index contributed by atoms with van der Waals surface area (Å²) in [5.41, 5.74) is -0.771. The topological polar surface area (TPSA) is 83.9 Å². The lowest BCUT2D eigenvalue weighted by molar-refractivity contribution is -0.156. The molecule has 2 rings (SSSR count). The number of carboxylic acid groups (broad SMARTS) is 1. The molecule has 7 heteroatoms. The molecule has 0 bridgehead atoms. The maximum atomic E-state index is 11.6. The van der Waals surface area contributed by atoms with Crippen LogP contribution in [-0.4, -0.2) is 68.7 Å². The lowest BCUT2D eigenvalue weighted by atomic mass is 9.79. The molecule has 0 unspecified atom stereocenters. The van der Waals surface area contributed by atoms with Gasteiger partial charge in [-0.1, -0.05) is 0 Å². The molecule has 0 atom stereocenters. The lowest BCUT2D eigenvalue weighted by Gasteiger charge is -2.37. The Bertz CT molecular complexity index is 427. The van der Waals surface area contributed by atoms with Crippen molar-refractivity contribution in [2.75, 3.05) is 44.4 Å². The number of hydrogen-bond donors (Lipinski definition) is 1. The molecule has 2 aliphatic rings. The molecular formula is C12H21NO5S. The first kappa shape index (κ1) is 14.7. The minimum absolute atomic E-state index is 0.138. The summed E-state index contributed by atoms with van der Waals surface area (Å²) in [5, 5.41) is 9.49. The highest BCUT2D eigenvalue weighted by molar-refractivity contribution is 7.91. The van der Waals surface area contributed by atoms with E-state index >= 15 is 0 Å². The molecule has 19 heavy (non-hydrogen) atoms. The Morgan fingerprint density at radius 3 is 2.53 bits per heavy atom. The molecule has 6 nitrogen and oxygen atoms in total. The quantitative estimate of drug-likeness (QED) is 0.787. The van der Waals surface area contributed by atoms with Gasteiger partial charge in [0.1, 0.15) is 0 Å². The van der Waals surface area contributed by atoms with E-state index in [0.717, 1.165) is 0 Å². The van der Waals surface area contributed by atoms with E-state index in [2.05, 4.69) is 0 Å². The molecule has 2 saturated heterocycles. The van der Waals surface area contributed by atoms with Crippen LogP contribution in [0.4, 0.5) is 0 Å². The molecule has 0 aliphatic carbocycles. The van der Waals surface area contributed by atoms with Gasteiger partial charge >= 0.3 is 5.97 Å². The van der Waals surface area contributed by atoms with Crippen LogP contribution >= 0.6 is 0 Å². The summed E-state index contributed by atoms with van der Waals surface area (Å²) in [5.74, 6) is -0.436. The van der Waals surface area contributed by atoms with E-state index in [0.29, 0.717) is 52.1 Å². The fourth-order valence-electron chi connectivity index (χ4n) is 2.78. The highest BCUT2D eigenvalue weighted by Gasteiger charge is 2.41. The van der Waals surface area contributed by atoms with Crippen molar-refractivity contribution in [3.63, 3.8) is 0 Å². The van der Waals surface area contributed by atoms with Crippen molar-refractivity contribution >= 4 is 15.8 Å². The molecule has 1 N–H and O–H groups in total. The van der Waals surface area contributed by atoms with Crippen molar-refractivity contribution < 1.29 is 23.1 Å². The van der Waals surface area contributed by atoms with E-state index < -0.39 is 21.2 Å². The molecule has 0 radical (unpaired) electrons. The van der Waals surface area contributed by atoms with Gasteiger partial charge in [-0.2, -0.15) is 0 Å². The number of nitrogens with zero attached hydrogens (tertiary/aromatic N) is 1. The normalized spacial score (nSPS) is 27.6. The van der Waals surface area contributed by atoms with Gasteiger partial charge < -0.3 is 14.7 Å². The van der Waals surface area contributed by atoms with E-state index in [9.17, 15) is 18.3 Å². The molecule has 0 aromatic rings. The summed E-state index contributed by atoms with van der Waals surface area (Å²) in [6.45, 7) is 2.48. The number of carbonyl (C=O) groups is 1. The molecule has 2 aliphatic heterocycles. The second-order valence-corrected chi connectivity index (χ2v) is 7.78. The van der Waals surface area contributed by atoms with Gasteiger partial charge in [0.2, 0.25) is 0 Å². The Morgan fingerprint density at radius 2 is 1.89 bits per heavy atom. The zero-order valence-corrected chi connectivity index (χ0v) is 11.8. The minimum Gasteiger partial charge on any atom is -0.481 e. The molecular weight excluding hydrogens is 270 g/mol. The number of sulfone groups is 1. The smallest absolute Gasteiger partial charge is 0.311 e. The van der Waals surface area contributed by atoms with Gasteiger partial charge in [0.05, 0.1) is 16.9 Å². The molecule has 2 heterocycles. The summed E-state index contributed by atoms with van der Waals surface area (Å²) in [4.78, 5) is 13.6. The first-order valence-electron chi connectivity index (χ1n) is 6.68. The highest BCUT2D eigenvalue weighted by atomic mass is 32.2. The third-order valence-corrected chi connectivity index (χ3v) is 5.79. The molecule has 2 fully saturated rings. The highest BCUT2D eigenvalue weighted by Crippen LogP contribution is 2.32. The third kappa shape index (κ3) is 3.67. The Labute approximate surface area is 113 Å². The van der Waals surface area contributed by atoms with Crippen LogP contribution in [-0.2, 0) is 19.4 Å². The fraction of sp³-hybridized carbons (Fsp3) is 0.917. The van der Waals surface area contributed by atoms with Gasteiger partial charge in [-0.15, -0.1) is 0 Å². The van der Waals surface area contributed by atoms with Crippen LogP contribution < -0.4 is 0 Å². The number of ether oxygens (including phenoxy) is 1. The molecule has 0 amide bonds. The summed E-state index contributed by atoms with van der Waals surface area (Å²) in [6, 6.07) is 0. The molecule has 0 spiro atoms. The van der Waals surface area contributed by atoms with E-state index in [1.165, 1.54) is 0 Å². The average molecular weight is 291 g/mol. The van der Waals surface area contributed by atoms with E-state index in [4.69, 9.17) is 4.74 Å². The minimum atomic E-state index is -2.95. The summed E-state index contributed by atoms with van der Waals surface area (Å²) in [6.07, 6.45) is 1.60. The van der Waals surface area contributed by atoms with Gasteiger partial charge in [-0.3, -0.25) is 4.79 Å². The van der Waals surface area contributed by atoms with Crippen molar-refractivity contribution in [3.8, 4) is 0 Å². The Morgan fingerprint density at radius 1 is 1.21 bits per heavy atom. The lowest BCUT2D eigenvalue weighted by Crippen LogP contribution is -2.47. The predicted molar refractivity (Wildman–Crippen MR) is 69.8 cm³/mol. The van der Waals surface area contributed by atoms with Crippen LogP contribution in [0.3, 0.4) is 0 Å². The first-order chi connectivity index (χ1) is 8.94. The van der Waals surface area contributed by atoms with Gasteiger partial charge in [0, 0.05) is 26.3 Å². The van der Waals surface area contributed by atoms with Crippen LogP contribution in [0.1, 0.15) is 19.3 Å². The SMILES string of the molecule is O=C(O)C1(CN2CCCS(=O)(=O)CC2)CCOCC1. The second kappa shape index (κ2) is 5.76. The fourth-order valence-corrected chi connectivity index (χ4v) is 4.09. The monoisotopic (exact) mass is 291 g/mol. The second-order valence-electron chi connectivity index (χ2n) is 5.48. The maximum Gasteiger partial charge on any atom is 0.311 e. The zero-order chi connectivity index (χ0) is 13.9. The zero-order valence-electron chi connectivity index (χ0n) is 11.0. The predicted octanol–water partition coefficient (Wildman–Crippen LogP) is -0.0117. The van der Waals surface area contributed by atoms with Crippen LogP contribution in [0, 0.1) is 5.41 Å². The van der Waals surface area contributed by atoms with Crippen molar-refractivity contribution in [2.24, 2.45) is 5.41 Å². The van der Waals surface area contributed by atoms with Crippen LogP contribution in [0.15, 0.2) is 0 Å². The van der Waals surface area contributed by atoms with Gasteiger partial charge in [0.25, 0.3) is 0 Å². The van der Waals surface area contributed by atoms with Crippen molar-refractivity contribution in [2.45, 2.75) is 19.3 Å². The van der Waals surface area contributed by atoms with Gasteiger partial charge in [0.15, 0.2) is 9.84 Å². The van der Waals surface area contributed by atoms with E-state index in [-0.39, 0.29) is 11.5 Å². The number of rotatable bonds is 3. The standard InChI is InChI=1S/C12H21NO5S/c14-11(15)12(2-6-18-7-3-12)10-13-4-1-8-19(16,17)9-5-13/h1-10H2,(H,14,15). The maximum absolute atomic E-state index is 11.6. The number of aliphatic carboxylic acids is 1. The largest absolute Gasteiger partial charge is 0.481 e. The third-order valence-electron chi connectivity index (χ3n) is 4.08. The number of carboxylic acids is 1. The van der Waals surface area contributed by atoms with E-state index in [1.54, 1.807) is 0 Å². The van der Waals surface area contributed by atoms with Crippen LogP contribution in [0.5, 0.6) is 0 Å². The van der Waals surface area contributed by atoms with Crippen molar-refractivity contribution in [1.82, 2.24) is 4.90 Å².